The largest absolute Gasteiger partial charge is 0.283 e. The SMILES string of the molecule is O=[N+]([O-])c1ccccc1SC(=S)Cl. The summed E-state index contributed by atoms with van der Waals surface area (Å²) in [5, 5.41) is 10.5. The Hall–Kier alpha value is -0.650. The van der Waals surface area contributed by atoms with Crippen LogP contribution in [0.2, 0.25) is 0 Å². The van der Waals surface area contributed by atoms with Crippen molar-refractivity contribution in [2.75, 3.05) is 0 Å². The number of hydrogen-bond donors (Lipinski definition) is 0. The van der Waals surface area contributed by atoms with Gasteiger partial charge >= 0.3 is 0 Å². The van der Waals surface area contributed by atoms with Crippen molar-refractivity contribution in [3.05, 3.63) is 34.4 Å². The molecule has 0 N–H and O–H groups in total. The van der Waals surface area contributed by atoms with Crippen LogP contribution in [0.4, 0.5) is 5.69 Å². The van der Waals surface area contributed by atoms with Crippen LogP contribution in [-0.2, 0) is 0 Å². The van der Waals surface area contributed by atoms with Gasteiger partial charge in [-0.1, -0.05) is 47.7 Å². The lowest BCUT2D eigenvalue weighted by molar-refractivity contribution is -0.387. The summed E-state index contributed by atoms with van der Waals surface area (Å²) in [5.74, 6) is 0. The predicted octanol–water partition coefficient (Wildman–Crippen LogP) is 3.21. The van der Waals surface area contributed by atoms with E-state index in [1.807, 2.05) is 0 Å². The highest BCUT2D eigenvalue weighted by Crippen LogP contribution is 2.30. The van der Waals surface area contributed by atoms with Crippen LogP contribution >= 0.6 is 35.6 Å². The number of hydrogen-bond acceptors (Lipinski definition) is 4. The fourth-order valence-corrected chi connectivity index (χ4v) is 1.87. The van der Waals surface area contributed by atoms with Crippen molar-refractivity contribution in [2.45, 2.75) is 4.90 Å². The molecule has 0 saturated carbocycles. The van der Waals surface area contributed by atoms with Crippen LogP contribution in [0, 0.1) is 10.1 Å². The van der Waals surface area contributed by atoms with E-state index in [9.17, 15) is 10.1 Å². The summed E-state index contributed by atoms with van der Waals surface area (Å²) < 4.78 is 0.148. The van der Waals surface area contributed by atoms with Crippen molar-refractivity contribution < 1.29 is 4.92 Å². The number of halogens is 1. The Morgan fingerprint density at radius 3 is 2.69 bits per heavy atom. The lowest BCUT2D eigenvalue weighted by atomic mass is 10.3. The molecule has 68 valence electrons. The smallest absolute Gasteiger partial charge is 0.258 e. The van der Waals surface area contributed by atoms with E-state index < -0.39 is 4.92 Å². The van der Waals surface area contributed by atoms with Gasteiger partial charge in [-0.3, -0.25) is 10.1 Å². The van der Waals surface area contributed by atoms with Crippen LogP contribution in [-0.4, -0.2) is 8.58 Å². The molecule has 0 aromatic heterocycles. The van der Waals surface area contributed by atoms with Crippen molar-refractivity contribution in [2.24, 2.45) is 0 Å². The highest BCUT2D eigenvalue weighted by atomic mass is 35.5. The number of para-hydroxylation sites is 1. The molecule has 0 saturated heterocycles. The fraction of sp³-hybridized carbons (Fsp3) is 0. The van der Waals surface area contributed by atoms with Crippen LogP contribution in [0.25, 0.3) is 0 Å². The summed E-state index contributed by atoms with van der Waals surface area (Å²) in [4.78, 5) is 10.5. The lowest BCUT2D eigenvalue weighted by Crippen LogP contribution is -1.90. The zero-order valence-corrected chi connectivity index (χ0v) is 8.66. The number of nitro benzene ring substituents is 1. The summed E-state index contributed by atoms with van der Waals surface area (Å²) in [6, 6.07) is 6.32. The van der Waals surface area contributed by atoms with Gasteiger partial charge < -0.3 is 0 Å². The molecular formula is C7H4ClNO2S2. The molecule has 0 atom stereocenters. The van der Waals surface area contributed by atoms with Crippen molar-refractivity contribution in [3.63, 3.8) is 0 Å². The van der Waals surface area contributed by atoms with Gasteiger partial charge in [0.15, 0.2) is 0 Å². The van der Waals surface area contributed by atoms with Gasteiger partial charge in [0.05, 0.1) is 9.82 Å². The van der Waals surface area contributed by atoms with E-state index in [-0.39, 0.29) is 9.34 Å². The number of thiocarbonyl (C=S) groups is 1. The quantitative estimate of drug-likeness (QED) is 0.259. The molecule has 0 aliphatic rings. The van der Waals surface area contributed by atoms with E-state index in [0.717, 1.165) is 11.8 Å². The number of thioether (sulfide) groups is 1. The normalized spacial score (nSPS) is 9.62. The van der Waals surface area contributed by atoms with Gasteiger partial charge in [0.25, 0.3) is 5.69 Å². The Morgan fingerprint density at radius 2 is 2.15 bits per heavy atom. The highest BCUT2D eigenvalue weighted by molar-refractivity contribution is 8.26. The van der Waals surface area contributed by atoms with Crippen molar-refractivity contribution in [1.29, 1.82) is 0 Å². The number of rotatable bonds is 2. The molecule has 13 heavy (non-hydrogen) atoms. The van der Waals surface area contributed by atoms with Gasteiger partial charge in [-0.2, -0.15) is 0 Å². The second kappa shape index (κ2) is 4.55. The minimum atomic E-state index is -0.461. The van der Waals surface area contributed by atoms with E-state index in [4.69, 9.17) is 11.6 Å². The molecule has 6 heteroatoms. The van der Waals surface area contributed by atoms with Crippen LogP contribution < -0.4 is 0 Å². The van der Waals surface area contributed by atoms with Crippen molar-refractivity contribution in [1.82, 2.24) is 0 Å². The number of nitrogens with zero attached hydrogens (tertiary/aromatic N) is 1. The molecule has 0 spiro atoms. The zero-order valence-electron chi connectivity index (χ0n) is 6.27. The predicted molar refractivity (Wildman–Crippen MR) is 57.4 cm³/mol. The minimum Gasteiger partial charge on any atom is -0.258 e. The van der Waals surface area contributed by atoms with E-state index in [1.165, 1.54) is 6.07 Å². The lowest BCUT2D eigenvalue weighted by Gasteiger charge is -1.98. The maximum Gasteiger partial charge on any atom is 0.283 e. The number of nitro groups is 1. The topological polar surface area (TPSA) is 43.1 Å². The molecule has 0 aliphatic carbocycles. The summed E-state index contributed by atoms with van der Waals surface area (Å²) in [6.45, 7) is 0. The minimum absolute atomic E-state index is 0.0236. The third-order valence-corrected chi connectivity index (χ3v) is 2.46. The average molecular weight is 234 g/mol. The van der Waals surface area contributed by atoms with Crippen LogP contribution in [0.1, 0.15) is 0 Å². The van der Waals surface area contributed by atoms with Gasteiger partial charge in [-0.05, 0) is 6.07 Å². The van der Waals surface area contributed by atoms with E-state index in [2.05, 4.69) is 12.2 Å². The summed E-state index contributed by atoms with van der Waals surface area (Å²) in [6.07, 6.45) is 0. The third kappa shape index (κ3) is 2.95. The molecule has 1 rings (SSSR count). The highest BCUT2D eigenvalue weighted by Gasteiger charge is 2.13. The number of benzene rings is 1. The maximum absolute atomic E-state index is 10.5. The van der Waals surface area contributed by atoms with Crippen LogP contribution in [0.15, 0.2) is 29.2 Å². The molecule has 0 radical (unpaired) electrons. The van der Waals surface area contributed by atoms with Gasteiger partial charge in [-0.25, -0.2) is 0 Å². The first kappa shape index (κ1) is 10.4. The third-order valence-electron chi connectivity index (χ3n) is 1.25. The second-order valence-corrected chi connectivity index (χ2v) is 4.61. The molecule has 0 fully saturated rings. The van der Waals surface area contributed by atoms with Gasteiger partial charge in [0.2, 0.25) is 0 Å². The summed E-state index contributed by atoms with van der Waals surface area (Å²) >= 11 is 11.1. The monoisotopic (exact) mass is 233 g/mol. The van der Waals surface area contributed by atoms with Gasteiger partial charge in [0.1, 0.15) is 3.66 Å². The molecule has 1 aromatic rings. The molecule has 0 aliphatic heterocycles. The first-order chi connectivity index (χ1) is 6.11. The van der Waals surface area contributed by atoms with Crippen LogP contribution in [0.5, 0.6) is 0 Å². The molecule has 0 amide bonds. The second-order valence-electron chi connectivity index (χ2n) is 2.06. The van der Waals surface area contributed by atoms with E-state index in [0.29, 0.717) is 4.90 Å². The Balaban J connectivity index is 3.04. The summed E-state index contributed by atoms with van der Waals surface area (Å²) in [5.41, 5.74) is 0.0236. The van der Waals surface area contributed by atoms with Gasteiger partial charge in [-0.15, -0.1) is 0 Å². The van der Waals surface area contributed by atoms with Crippen LogP contribution in [0.3, 0.4) is 0 Å². The van der Waals surface area contributed by atoms with Gasteiger partial charge in [0, 0.05) is 6.07 Å². The Morgan fingerprint density at radius 1 is 1.54 bits per heavy atom. The fourth-order valence-electron chi connectivity index (χ4n) is 0.781. The first-order valence-electron chi connectivity index (χ1n) is 3.22. The average Bonchev–Trinajstić information content (AvgIpc) is 2.03. The Bertz CT molecular complexity index is 356. The summed E-state index contributed by atoms with van der Waals surface area (Å²) in [7, 11) is 0. The molecular weight excluding hydrogens is 230 g/mol. The molecule has 0 heterocycles. The van der Waals surface area contributed by atoms with Crippen molar-refractivity contribution in [3.8, 4) is 0 Å². The van der Waals surface area contributed by atoms with Crippen molar-refractivity contribution >= 4 is 44.9 Å². The standard InChI is InChI=1S/C7H4ClNO2S2/c8-7(12)13-6-4-2-1-3-5(6)9(10)11/h1-4H. The molecule has 0 unspecified atom stereocenters. The van der Waals surface area contributed by atoms with E-state index >= 15 is 0 Å². The molecule has 1 aromatic carbocycles. The first-order valence-corrected chi connectivity index (χ1v) is 4.82. The molecule has 0 bridgehead atoms. The maximum atomic E-state index is 10.5. The van der Waals surface area contributed by atoms with E-state index in [1.54, 1.807) is 18.2 Å². The Kier molecular flexibility index (Phi) is 3.65. The Labute approximate surface area is 89.2 Å². The zero-order chi connectivity index (χ0) is 9.84. The molecule has 3 nitrogen and oxygen atoms in total.